The van der Waals surface area contributed by atoms with Crippen LogP contribution in [-0.4, -0.2) is 4.57 Å². The Morgan fingerprint density at radius 3 is 2.00 bits per heavy atom. The van der Waals surface area contributed by atoms with Gasteiger partial charge in [-0.15, -0.1) is 0 Å². The quantitative estimate of drug-likeness (QED) is 0.237. The maximum atomic E-state index is 9.73. The number of nitriles is 1. The fourth-order valence-electron chi connectivity index (χ4n) is 5.93. The molecule has 0 aliphatic carbocycles. The van der Waals surface area contributed by atoms with E-state index < -0.39 is 0 Å². The van der Waals surface area contributed by atoms with Crippen molar-refractivity contribution < 1.29 is 4.74 Å². The smallest absolute Gasteiger partial charge is 0.152 e. The van der Waals surface area contributed by atoms with E-state index in [0.717, 1.165) is 56.1 Å². The van der Waals surface area contributed by atoms with Crippen LogP contribution in [0.5, 0.6) is 11.5 Å². The highest BCUT2D eigenvalue weighted by atomic mass is 16.5. The number of aromatic nitrogens is 1. The largest absolute Gasteiger partial charge is 0.453 e. The van der Waals surface area contributed by atoms with Crippen molar-refractivity contribution in [2.75, 3.05) is 0 Å². The van der Waals surface area contributed by atoms with E-state index in [4.69, 9.17) is 4.74 Å². The van der Waals surface area contributed by atoms with Gasteiger partial charge in [-0.25, -0.2) is 0 Å². The van der Waals surface area contributed by atoms with Crippen LogP contribution in [0.2, 0.25) is 0 Å². The molecular formula is C37H22N2O. The van der Waals surface area contributed by atoms with Crippen LogP contribution >= 0.6 is 0 Å². The fraction of sp³-hybridized carbons (Fsp3) is 0. The number of fused-ring (bicyclic) bond motifs is 5. The molecule has 0 N–H and O–H groups in total. The first-order valence-corrected chi connectivity index (χ1v) is 13.3. The van der Waals surface area contributed by atoms with Crippen LogP contribution in [0.15, 0.2) is 133 Å². The molecule has 2 heterocycles. The zero-order valence-electron chi connectivity index (χ0n) is 21.5. The molecule has 0 unspecified atom stereocenters. The predicted molar refractivity (Wildman–Crippen MR) is 162 cm³/mol. The molecule has 7 aromatic rings. The van der Waals surface area contributed by atoms with E-state index in [-0.39, 0.29) is 0 Å². The van der Waals surface area contributed by atoms with Gasteiger partial charge in [-0.05, 0) is 81.9 Å². The van der Waals surface area contributed by atoms with E-state index >= 15 is 0 Å². The van der Waals surface area contributed by atoms with Crippen LogP contribution in [0.1, 0.15) is 5.56 Å². The van der Waals surface area contributed by atoms with E-state index in [0.29, 0.717) is 5.56 Å². The predicted octanol–water partition coefficient (Wildman–Crippen LogP) is 9.76. The number of para-hydroxylation sites is 2. The van der Waals surface area contributed by atoms with Crippen LogP contribution in [0, 0.1) is 11.3 Å². The summed E-state index contributed by atoms with van der Waals surface area (Å²) >= 11 is 0. The van der Waals surface area contributed by atoms with Crippen molar-refractivity contribution in [3.63, 3.8) is 0 Å². The molecule has 0 atom stereocenters. The van der Waals surface area contributed by atoms with Crippen LogP contribution < -0.4 is 4.74 Å². The molecule has 186 valence electrons. The molecule has 1 aliphatic rings. The number of ether oxygens (including phenoxy) is 1. The number of rotatable bonds is 3. The lowest BCUT2D eigenvalue weighted by Crippen LogP contribution is -2.04. The zero-order valence-corrected chi connectivity index (χ0v) is 21.5. The van der Waals surface area contributed by atoms with Gasteiger partial charge in [0.25, 0.3) is 0 Å². The van der Waals surface area contributed by atoms with Gasteiger partial charge in [0.1, 0.15) is 0 Å². The number of nitrogens with zero attached hydrogens (tertiary/aromatic N) is 2. The van der Waals surface area contributed by atoms with Crippen molar-refractivity contribution in [1.82, 2.24) is 4.57 Å². The molecule has 3 nitrogen and oxygen atoms in total. The average molecular weight is 511 g/mol. The molecule has 3 heteroatoms. The van der Waals surface area contributed by atoms with Gasteiger partial charge in [-0.3, -0.25) is 0 Å². The summed E-state index contributed by atoms with van der Waals surface area (Å²) in [5.41, 5.74) is 10.3. The van der Waals surface area contributed by atoms with Gasteiger partial charge in [0.2, 0.25) is 0 Å². The van der Waals surface area contributed by atoms with Crippen molar-refractivity contribution >= 4 is 21.8 Å². The Morgan fingerprint density at radius 2 is 1.15 bits per heavy atom. The molecule has 0 radical (unpaired) electrons. The molecule has 1 aromatic heterocycles. The molecule has 1 aliphatic heterocycles. The van der Waals surface area contributed by atoms with Crippen molar-refractivity contribution in [2.45, 2.75) is 0 Å². The maximum Gasteiger partial charge on any atom is 0.152 e. The number of hydrogen-bond acceptors (Lipinski definition) is 2. The minimum Gasteiger partial charge on any atom is -0.453 e. The Hall–Kier alpha value is -5.59. The van der Waals surface area contributed by atoms with Gasteiger partial charge in [0.05, 0.1) is 28.4 Å². The summed E-state index contributed by atoms with van der Waals surface area (Å²) < 4.78 is 8.81. The highest BCUT2D eigenvalue weighted by Crippen LogP contribution is 2.46. The first-order valence-electron chi connectivity index (χ1n) is 13.3. The fourth-order valence-corrected chi connectivity index (χ4v) is 5.93. The maximum absolute atomic E-state index is 9.73. The summed E-state index contributed by atoms with van der Waals surface area (Å²) in [6.45, 7) is 0. The first kappa shape index (κ1) is 22.4. The van der Waals surface area contributed by atoms with Gasteiger partial charge < -0.3 is 9.30 Å². The minimum atomic E-state index is 0.646. The standard InChI is InChI=1S/C37H22N2O/c38-23-24-18-29(25-8-2-1-3-9-25)21-30(19-24)27-11-6-10-26(20-27)28-16-17-34-36(22-28)40-35-15-7-13-32-31-12-4-5-14-33(31)39(34)37(32)35/h1-22H. The van der Waals surface area contributed by atoms with Gasteiger partial charge in [0.15, 0.2) is 11.5 Å². The number of benzene rings is 6. The molecule has 6 aromatic carbocycles. The number of hydrogen-bond donors (Lipinski definition) is 0. The van der Waals surface area contributed by atoms with Gasteiger partial charge in [0, 0.05) is 10.8 Å². The van der Waals surface area contributed by atoms with Crippen LogP contribution in [0.25, 0.3) is 60.9 Å². The first-order chi connectivity index (χ1) is 19.8. The molecule has 40 heavy (non-hydrogen) atoms. The second-order valence-corrected chi connectivity index (χ2v) is 10.1. The second-order valence-electron chi connectivity index (χ2n) is 10.1. The topological polar surface area (TPSA) is 37.9 Å². The van der Waals surface area contributed by atoms with Gasteiger partial charge in [-0.1, -0.05) is 84.9 Å². The van der Waals surface area contributed by atoms with Crippen molar-refractivity contribution in [3.05, 3.63) is 139 Å². The summed E-state index contributed by atoms with van der Waals surface area (Å²) in [6.07, 6.45) is 0. The van der Waals surface area contributed by atoms with Gasteiger partial charge >= 0.3 is 0 Å². The molecule has 0 amide bonds. The van der Waals surface area contributed by atoms with E-state index in [1.54, 1.807) is 0 Å². The summed E-state index contributed by atoms with van der Waals surface area (Å²) in [5, 5.41) is 12.2. The Bertz CT molecular complexity index is 2150. The summed E-state index contributed by atoms with van der Waals surface area (Å²) in [4.78, 5) is 0. The Morgan fingerprint density at radius 1 is 0.500 bits per heavy atom. The highest BCUT2D eigenvalue weighted by Gasteiger charge is 2.23. The third-order valence-corrected chi connectivity index (χ3v) is 7.78. The van der Waals surface area contributed by atoms with Crippen LogP contribution in [-0.2, 0) is 0 Å². The third kappa shape index (κ3) is 3.44. The third-order valence-electron chi connectivity index (χ3n) is 7.78. The minimum absolute atomic E-state index is 0.646. The van der Waals surface area contributed by atoms with E-state index in [9.17, 15) is 5.26 Å². The van der Waals surface area contributed by atoms with Crippen molar-refractivity contribution in [3.8, 4) is 56.6 Å². The van der Waals surface area contributed by atoms with Crippen LogP contribution in [0.4, 0.5) is 0 Å². The van der Waals surface area contributed by atoms with E-state index in [2.05, 4.69) is 108 Å². The molecule has 0 fully saturated rings. The van der Waals surface area contributed by atoms with Crippen molar-refractivity contribution in [2.24, 2.45) is 0 Å². The van der Waals surface area contributed by atoms with Crippen molar-refractivity contribution in [1.29, 1.82) is 5.26 Å². The van der Waals surface area contributed by atoms with E-state index in [1.165, 1.54) is 16.3 Å². The highest BCUT2D eigenvalue weighted by molar-refractivity contribution is 6.12. The molecule has 8 rings (SSSR count). The molecule has 0 saturated heterocycles. The van der Waals surface area contributed by atoms with Crippen LogP contribution in [0.3, 0.4) is 0 Å². The lowest BCUT2D eigenvalue weighted by atomic mass is 9.94. The normalized spacial score (nSPS) is 11.7. The second kappa shape index (κ2) is 8.73. The SMILES string of the molecule is N#Cc1cc(-c2ccccc2)cc(-c2cccc(-c3ccc4c(c3)Oc3cccc5c6ccccc6n-4c35)c2)c1. The Labute approximate surface area is 231 Å². The zero-order chi connectivity index (χ0) is 26.6. The monoisotopic (exact) mass is 510 g/mol. The van der Waals surface area contributed by atoms with Gasteiger partial charge in [-0.2, -0.15) is 5.26 Å². The molecule has 0 spiro atoms. The molecule has 0 bridgehead atoms. The molecular weight excluding hydrogens is 488 g/mol. The Balaban J connectivity index is 1.24. The van der Waals surface area contributed by atoms with E-state index in [1.807, 2.05) is 36.4 Å². The lowest BCUT2D eigenvalue weighted by molar-refractivity contribution is 0.476. The molecule has 0 saturated carbocycles. The summed E-state index contributed by atoms with van der Waals surface area (Å²) in [6, 6.07) is 48.3. The Kier molecular flexibility index (Phi) is 4.89. The average Bonchev–Trinajstić information content (AvgIpc) is 3.37. The summed E-state index contributed by atoms with van der Waals surface area (Å²) in [5.74, 6) is 1.70. The summed E-state index contributed by atoms with van der Waals surface area (Å²) in [7, 11) is 0. The lowest BCUT2D eigenvalue weighted by Gasteiger charge is -2.21.